The van der Waals surface area contributed by atoms with Crippen LogP contribution in [0.15, 0.2) is 54.9 Å². The van der Waals surface area contributed by atoms with Crippen molar-refractivity contribution in [2.24, 2.45) is 0 Å². The summed E-state index contributed by atoms with van der Waals surface area (Å²) in [6.45, 7) is 0. The molecule has 0 spiro atoms. The molecule has 27 heavy (non-hydrogen) atoms. The SMILES string of the molecule is OC1Cc2ccc(Nc3cc(-c4ccc(C(F)(F)F)cc4)ncn3)cc2C1. The van der Waals surface area contributed by atoms with Crippen molar-refractivity contribution >= 4 is 11.5 Å². The second kappa shape index (κ2) is 6.66. The van der Waals surface area contributed by atoms with E-state index in [2.05, 4.69) is 15.3 Å². The molecule has 138 valence electrons. The quantitative estimate of drug-likeness (QED) is 0.718. The summed E-state index contributed by atoms with van der Waals surface area (Å²) in [7, 11) is 0. The molecular formula is C20H16F3N3O. The fraction of sp³-hybridized carbons (Fsp3) is 0.200. The van der Waals surface area contributed by atoms with Crippen LogP contribution in [-0.2, 0) is 19.0 Å². The normalized spacial score (nSPS) is 16.2. The monoisotopic (exact) mass is 371 g/mol. The highest BCUT2D eigenvalue weighted by Gasteiger charge is 2.30. The van der Waals surface area contributed by atoms with Crippen LogP contribution < -0.4 is 5.32 Å². The van der Waals surface area contributed by atoms with Gasteiger partial charge < -0.3 is 10.4 Å². The van der Waals surface area contributed by atoms with E-state index in [4.69, 9.17) is 0 Å². The van der Waals surface area contributed by atoms with Crippen LogP contribution in [0.4, 0.5) is 24.7 Å². The van der Waals surface area contributed by atoms with Crippen LogP contribution in [0.1, 0.15) is 16.7 Å². The van der Waals surface area contributed by atoms with Gasteiger partial charge in [0.1, 0.15) is 12.1 Å². The molecule has 1 aromatic heterocycles. The van der Waals surface area contributed by atoms with E-state index in [1.165, 1.54) is 18.5 Å². The van der Waals surface area contributed by atoms with Crippen LogP contribution in [0.3, 0.4) is 0 Å². The summed E-state index contributed by atoms with van der Waals surface area (Å²) in [6, 6.07) is 12.4. The molecule has 1 aliphatic carbocycles. The van der Waals surface area contributed by atoms with Crippen LogP contribution in [-0.4, -0.2) is 21.2 Å². The number of alkyl halides is 3. The van der Waals surface area contributed by atoms with Gasteiger partial charge in [-0.3, -0.25) is 0 Å². The zero-order valence-electron chi connectivity index (χ0n) is 14.2. The number of halogens is 3. The third-order valence-electron chi connectivity index (χ3n) is 4.56. The van der Waals surface area contributed by atoms with Crippen molar-refractivity contribution in [3.05, 3.63) is 71.5 Å². The van der Waals surface area contributed by atoms with Gasteiger partial charge in [0.25, 0.3) is 0 Å². The van der Waals surface area contributed by atoms with E-state index in [-0.39, 0.29) is 6.10 Å². The number of anilines is 2. The Hall–Kier alpha value is -2.93. The van der Waals surface area contributed by atoms with E-state index in [0.29, 0.717) is 29.9 Å². The number of hydrogen-bond donors (Lipinski definition) is 2. The lowest BCUT2D eigenvalue weighted by Crippen LogP contribution is -2.04. The molecule has 4 rings (SSSR count). The molecule has 4 nitrogen and oxygen atoms in total. The first-order chi connectivity index (χ1) is 12.9. The number of benzene rings is 2. The molecule has 0 fully saturated rings. The van der Waals surface area contributed by atoms with Gasteiger partial charge in [0.05, 0.1) is 17.4 Å². The van der Waals surface area contributed by atoms with Gasteiger partial charge in [-0.2, -0.15) is 13.2 Å². The minimum Gasteiger partial charge on any atom is -0.392 e. The van der Waals surface area contributed by atoms with E-state index in [1.54, 1.807) is 6.07 Å². The molecule has 3 aromatic rings. The number of hydrogen-bond acceptors (Lipinski definition) is 4. The molecule has 1 atom stereocenters. The predicted octanol–water partition coefficient (Wildman–Crippen LogP) is 4.37. The molecule has 0 radical (unpaired) electrons. The average molecular weight is 371 g/mol. The lowest BCUT2D eigenvalue weighted by Gasteiger charge is -2.10. The first-order valence-corrected chi connectivity index (χ1v) is 8.45. The Kier molecular flexibility index (Phi) is 4.31. The number of aliphatic hydroxyl groups is 1. The summed E-state index contributed by atoms with van der Waals surface area (Å²) in [5, 5.41) is 12.9. The molecular weight excluding hydrogens is 355 g/mol. The number of rotatable bonds is 3. The van der Waals surface area contributed by atoms with E-state index in [0.717, 1.165) is 28.9 Å². The van der Waals surface area contributed by atoms with Crippen molar-refractivity contribution in [3.8, 4) is 11.3 Å². The van der Waals surface area contributed by atoms with Crippen molar-refractivity contribution in [2.75, 3.05) is 5.32 Å². The maximum absolute atomic E-state index is 12.7. The van der Waals surface area contributed by atoms with E-state index in [9.17, 15) is 18.3 Å². The second-order valence-corrected chi connectivity index (χ2v) is 6.53. The molecule has 1 heterocycles. The molecule has 1 aliphatic rings. The first-order valence-electron chi connectivity index (χ1n) is 8.45. The van der Waals surface area contributed by atoms with Crippen LogP contribution >= 0.6 is 0 Å². The van der Waals surface area contributed by atoms with E-state index < -0.39 is 11.7 Å². The van der Waals surface area contributed by atoms with Crippen molar-refractivity contribution in [3.63, 3.8) is 0 Å². The van der Waals surface area contributed by atoms with Gasteiger partial charge in [-0.05, 0) is 48.2 Å². The summed E-state index contributed by atoms with van der Waals surface area (Å²) in [5.74, 6) is 0.540. The van der Waals surface area contributed by atoms with Gasteiger partial charge in [0, 0.05) is 17.3 Å². The zero-order chi connectivity index (χ0) is 19.0. The zero-order valence-corrected chi connectivity index (χ0v) is 14.2. The molecule has 2 N–H and O–H groups in total. The van der Waals surface area contributed by atoms with Crippen LogP contribution in [0, 0.1) is 0 Å². The van der Waals surface area contributed by atoms with Crippen molar-refractivity contribution in [1.82, 2.24) is 9.97 Å². The maximum Gasteiger partial charge on any atom is 0.416 e. The Morgan fingerprint density at radius 2 is 1.67 bits per heavy atom. The van der Waals surface area contributed by atoms with Crippen LogP contribution in [0.5, 0.6) is 0 Å². The smallest absolute Gasteiger partial charge is 0.392 e. The lowest BCUT2D eigenvalue weighted by molar-refractivity contribution is -0.137. The van der Waals surface area contributed by atoms with Gasteiger partial charge in [-0.15, -0.1) is 0 Å². The molecule has 0 bridgehead atoms. The average Bonchev–Trinajstić information content (AvgIpc) is 3.01. The molecule has 0 saturated carbocycles. The standard InChI is InChI=1S/C20H16F3N3O/c21-20(22,23)15-4-1-12(2-5-15)18-10-19(25-11-24-18)26-16-6-3-13-8-17(27)9-14(13)7-16/h1-7,10-11,17,27H,8-9H2,(H,24,25,26). The Bertz CT molecular complexity index is 971. The third-order valence-corrected chi connectivity index (χ3v) is 4.56. The van der Waals surface area contributed by atoms with Gasteiger partial charge >= 0.3 is 6.18 Å². The Morgan fingerprint density at radius 3 is 2.41 bits per heavy atom. The number of fused-ring (bicyclic) bond motifs is 1. The molecule has 7 heteroatoms. The largest absolute Gasteiger partial charge is 0.416 e. The second-order valence-electron chi connectivity index (χ2n) is 6.53. The Morgan fingerprint density at radius 1 is 0.926 bits per heavy atom. The topological polar surface area (TPSA) is 58.0 Å². The Labute approximate surface area is 153 Å². The molecule has 0 saturated heterocycles. The molecule has 0 aliphatic heterocycles. The summed E-state index contributed by atoms with van der Waals surface area (Å²) < 4.78 is 38.1. The maximum atomic E-state index is 12.7. The molecule has 1 unspecified atom stereocenters. The molecule has 0 amide bonds. The van der Waals surface area contributed by atoms with Gasteiger partial charge in [0.2, 0.25) is 0 Å². The van der Waals surface area contributed by atoms with Crippen LogP contribution in [0.25, 0.3) is 11.3 Å². The molecule has 2 aromatic carbocycles. The summed E-state index contributed by atoms with van der Waals surface area (Å²) >= 11 is 0. The van der Waals surface area contributed by atoms with Gasteiger partial charge in [-0.1, -0.05) is 18.2 Å². The number of nitrogens with one attached hydrogen (secondary N) is 1. The third kappa shape index (κ3) is 3.78. The Balaban J connectivity index is 1.55. The highest BCUT2D eigenvalue weighted by atomic mass is 19.4. The summed E-state index contributed by atoms with van der Waals surface area (Å²) in [6.07, 6.45) is -2.03. The predicted molar refractivity (Wildman–Crippen MR) is 95.6 cm³/mol. The van der Waals surface area contributed by atoms with Crippen molar-refractivity contribution in [2.45, 2.75) is 25.1 Å². The van der Waals surface area contributed by atoms with E-state index in [1.807, 2.05) is 18.2 Å². The summed E-state index contributed by atoms with van der Waals surface area (Å²) in [5.41, 5.74) is 3.48. The fourth-order valence-electron chi connectivity index (χ4n) is 3.23. The first kappa shape index (κ1) is 17.5. The minimum absolute atomic E-state index is 0.333. The van der Waals surface area contributed by atoms with Crippen molar-refractivity contribution in [1.29, 1.82) is 0 Å². The van der Waals surface area contributed by atoms with Crippen LogP contribution in [0.2, 0.25) is 0 Å². The fourth-order valence-corrected chi connectivity index (χ4v) is 3.23. The highest BCUT2D eigenvalue weighted by Crippen LogP contribution is 2.31. The van der Waals surface area contributed by atoms with Crippen molar-refractivity contribution < 1.29 is 18.3 Å². The van der Waals surface area contributed by atoms with Gasteiger partial charge in [0.15, 0.2) is 0 Å². The van der Waals surface area contributed by atoms with E-state index >= 15 is 0 Å². The highest BCUT2D eigenvalue weighted by molar-refractivity contribution is 5.66. The lowest BCUT2D eigenvalue weighted by atomic mass is 10.1. The summed E-state index contributed by atoms with van der Waals surface area (Å²) in [4.78, 5) is 8.32. The minimum atomic E-state index is -4.36. The number of aromatic nitrogens is 2. The number of nitrogens with zero attached hydrogens (tertiary/aromatic N) is 2. The van der Waals surface area contributed by atoms with Gasteiger partial charge in [-0.25, -0.2) is 9.97 Å². The number of aliphatic hydroxyl groups excluding tert-OH is 1.